The van der Waals surface area contributed by atoms with Crippen LogP contribution in [0, 0.1) is 5.82 Å². The van der Waals surface area contributed by atoms with E-state index in [0.717, 1.165) is 17.5 Å². The first-order valence-electron chi connectivity index (χ1n) is 10.4. The van der Waals surface area contributed by atoms with Crippen LogP contribution in [0.1, 0.15) is 29.2 Å². The number of hydrogen-bond acceptors (Lipinski definition) is 4. The van der Waals surface area contributed by atoms with Gasteiger partial charge in [0.1, 0.15) is 11.9 Å². The zero-order valence-electron chi connectivity index (χ0n) is 17.8. The number of benzene rings is 2. The molecule has 1 fully saturated rings. The third-order valence-electron chi connectivity index (χ3n) is 6.34. The molecule has 2 heterocycles. The SMILES string of the molecule is CO[C@H]1CO[C@@H](C(=O)N2CCc3ccccc3[C@@H]2c2ccc(F)cc2)C[C@@H]1N(C)C. The molecule has 1 saturated heterocycles. The van der Waals surface area contributed by atoms with E-state index < -0.39 is 6.10 Å². The number of fused-ring (bicyclic) bond motifs is 1. The molecule has 0 aliphatic carbocycles. The lowest BCUT2D eigenvalue weighted by atomic mass is 9.87. The molecule has 2 aromatic rings. The van der Waals surface area contributed by atoms with Crippen molar-refractivity contribution in [2.75, 3.05) is 34.4 Å². The summed E-state index contributed by atoms with van der Waals surface area (Å²) in [6, 6.07) is 14.5. The van der Waals surface area contributed by atoms with E-state index >= 15 is 0 Å². The molecule has 4 atom stereocenters. The quantitative estimate of drug-likeness (QED) is 0.774. The van der Waals surface area contributed by atoms with Gasteiger partial charge in [-0.05, 0) is 49.3 Å². The van der Waals surface area contributed by atoms with E-state index in [1.165, 1.54) is 17.7 Å². The highest BCUT2D eigenvalue weighted by Gasteiger charge is 2.41. The van der Waals surface area contributed by atoms with Crippen LogP contribution in [0.5, 0.6) is 0 Å². The van der Waals surface area contributed by atoms with E-state index in [4.69, 9.17) is 9.47 Å². The highest BCUT2D eigenvalue weighted by Crippen LogP contribution is 2.36. The number of amides is 1. The summed E-state index contributed by atoms with van der Waals surface area (Å²) >= 11 is 0. The molecule has 160 valence electrons. The summed E-state index contributed by atoms with van der Waals surface area (Å²) < 4.78 is 25.1. The zero-order chi connectivity index (χ0) is 21.3. The van der Waals surface area contributed by atoms with Gasteiger partial charge in [0.2, 0.25) is 0 Å². The Labute approximate surface area is 177 Å². The van der Waals surface area contributed by atoms with Gasteiger partial charge in [-0.15, -0.1) is 0 Å². The van der Waals surface area contributed by atoms with Gasteiger partial charge in [-0.3, -0.25) is 4.79 Å². The second-order valence-electron chi connectivity index (χ2n) is 8.30. The lowest BCUT2D eigenvalue weighted by Gasteiger charge is -2.43. The molecule has 2 aromatic carbocycles. The average Bonchev–Trinajstić information content (AvgIpc) is 2.78. The van der Waals surface area contributed by atoms with Crippen LogP contribution in [-0.4, -0.2) is 68.3 Å². The maximum absolute atomic E-state index is 13.6. The molecule has 30 heavy (non-hydrogen) atoms. The fourth-order valence-electron chi connectivity index (χ4n) is 4.70. The Hall–Kier alpha value is -2.28. The monoisotopic (exact) mass is 412 g/mol. The Morgan fingerprint density at radius 2 is 1.90 bits per heavy atom. The largest absolute Gasteiger partial charge is 0.377 e. The minimum Gasteiger partial charge on any atom is -0.377 e. The minimum atomic E-state index is -0.517. The van der Waals surface area contributed by atoms with Crippen LogP contribution in [0.25, 0.3) is 0 Å². The molecule has 0 aromatic heterocycles. The van der Waals surface area contributed by atoms with E-state index in [0.29, 0.717) is 19.6 Å². The molecule has 0 radical (unpaired) electrons. The first kappa shape index (κ1) is 21.0. The lowest BCUT2D eigenvalue weighted by Crippen LogP contribution is -2.55. The van der Waals surface area contributed by atoms with Gasteiger partial charge >= 0.3 is 0 Å². The predicted molar refractivity (Wildman–Crippen MR) is 113 cm³/mol. The number of methoxy groups -OCH3 is 1. The number of halogens is 1. The van der Waals surface area contributed by atoms with E-state index in [1.807, 2.05) is 31.1 Å². The van der Waals surface area contributed by atoms with Crippen molar-refractivity contribution in [1.29, 1.82) is 0 Å². The van der Waals surface area contributed by atoms with Crippen molar-refractivity contribution in [3.05, 3.63) is 71.0 Å². The molecule has 0 N–H and O–H groups in total. The van der Waals surface area contributed by atoms with Gasteiger partial charge < -0.3 is 19.3 Å². The predicted octanol–water partition coefficient (Wildman–Crippen LogP) is 3.03. The molecule has 4 rings (SSSR count). The maximum Gasteiger partial charge on any atom is 0.252 e. The molecular formula is C24H29FN2O3. The Morgan fingerprint density at radius 3 is 2.60 bits per heavy atom. The van der Waals surface area contributed by atoms with Gasteiger partial charge in [0.25, 0.3) is 5.91 Å². The number of likely N-dealkylation sites (N-methyl/N-ethyl adjacent to an activating group) is 1. The third-order valence-corrected chi connectivity index (χ3v) is 6.34. The lowest BCUT2D eigenvalue weighted by molar-refractivity contribution is -0.161. The number of nitrogens with zero attached hydrogens (tertiary/aromatic N) is 2. The van der Waals surface area contributed by atoms with E-state index in [2.05, 4.69) is 17.0 Å². The normalized spacial score (nSPS) is 26.5. The topological polar surface area (TPSA) is 42.0 Å². The van der Waals surface area contributed by atoms with Crippen molar-refractivity contribution in [1.82, 2.24) is 9.80 Å². The second kappa shape index (κ2) is 8.84. The molecule has 0 saturated carbocycles. The molecule has 1 amide bonds. The van der Waals surface area contributed by atoms with E-state index in [-0.39, 0.29) is 29.9 Å². The fraction of sp³-hybridized carbons (Fsp3) is 0.458. The molecule has 2 aliphatic rings. The average molecular weight is 413 g/mol. The van der Waals surface area contributed by atoms with Crippen LogP contribution in [0.4, 0.5) is 4.39 Å². The first-order chi connectivity index (χ1) is 14.5. The van der Waals surface area contributed by atoms with Gasteiger partial charge in [-0.2, -0.15) is 0 Å². The molecule has 2 aliphatic heterocycles. The number of carbonyl (C=O) groups is 1. The highest BCUT2D eigenvalue weighted by molar-refractivity contribution is 5.82. The number of hydrogen-bond donors (Lipinski definition) is 0. The molecular weight excluding hydrogens is 383 g/mol. The number of rotatable bonds is 4. The van der Waals surface area contributed by atoms with E-state index in [9.17, 15) is 9.18 Å². The summed E-state index contributed by atoms with van der Waals surface area (Å²) in [5.74, 6) is -0.295. The van der Waals surface area contributed by atoms with Gasteiger partial charge in [0.15, 0.2) is 0 Å². The summed E-state index contributed by atoms with van der Waals surface area (Å²) in [6.45, 7) is 0.999. The van der Waals surface area contributed by atoms with Crippen LogP contribution < -0.4 is 0 Å². The smallest absolute Gasteiger partial charge is 0.252 e. The summed E-state index contributed by atoms with van der Waals surface area (Å²) in [5, 5.41) is 0. The summed E-state index contributed by atoms with van der Waals surface area (Å²) in [4.78, 5) is 17.6. The second-order valence-corrected chi connectivity index (χ2v) is 8.30. The molecule has 6 heteroatoms. The standard InChI is InChI=1S/C24H29FN2O3/c1-26(2)20-14-21(30-15-22(20)29-3)24(28)27-13-12-16-6-4-5-7-19(16)23(27)17-8-10-18(25)11-9-17/h4-11,20-23H,12-15H2,1-3H3/t20-,21+,22-,23-/m0/s1. The Bertz CT molecular complexity index is 886. The maximum atomic E-state index is 13.6. The Balaban J connectivity index is 1.65. The van der Waals surface area contributed by atoms with Crippen LogP contribution >= 0.6 is 0 Å². The van der Waals surface area contributed by atoms with Crippen molar-refractivity contribution in [3.63, 3.8) is 0 Å². The van der Waals surface area contributed by atoms with Crippen molar-refractivity contribution in [2.24, 2.45) is 0 Å². The molecule has 5 nitrogen and oxygen atoms in total. The summed E-state index contributed by atoms with van der Waals surface area (Å²) in [7, 11) is 5.68. The fourth-order valence-corrected chi connectivity index (χ4v) is 4.70. The van der Waals surface area contributed by atoms with Gasteiger partial charge in [0, 0.05) is 26.1 Å². The van der Waals surface area contributed by atoms with Crippen molar-refractivity contribution in [2.45, 2.75) is 37.1 Å². The van der Waals surface area contributed by atoms with Gasteiger partial charge in [-0.1, -0.05) is 36.4 Å². The minimum absolute atomic E-state index is 0.0137. The van der Waals surface area contributed by atoms with Crippen LogP contribution in [0.2, 0.25) is 0 Å². The van der Waals surface area contributed by atoms with Gasteiger partial charge in [-0.25, -0.2) is 4.39 Å². The summed E-state index contributed by atoms with van der Waals surface area (Å²) in [6.07, 6.45) is 0.805. The number of ether oxygens (including phenoxy) is 2. The summed E-state index contributed by atoms with van der Waals surface area (Å²) in [5.41, 5.74) is 3.23. The Kier molecular flexibility index (Phi) is 6.18. The van der Waals surface area contributed by atoms with Gasteiger partial charge in [0.05, 0.1) is 18.8 Å². The van der Waals surface area contributed by atoms with Crippen LogP contribution in [-0.2, 0) is 20.7 Å². The number of carbonyl (C=O) groups excluding carboxylic acids is 1. The molecule has 0 bridgehead atoms. The highest BCUT2D eigenvalue weighted by atomic mass is 19.1. The molecule has 0 unspecified atom stereocenters. The third kappa shape index (κ3) is 4.00. The van der Waals surface area contributed by atoms with Crippen molar-refractivity contribution >= 4 is 5.91 Å². The first-order valence-corrected chi connectivity index (χ1v) is 10.4. The Morgan fingerprint density at radius 1 is 1.17 bits per heavy atom. The van der Waals surface area contributed by atoms with E-state index in [1.54, 1.807) is 19.2 Å². The zero-order valence-corrected chi connectivity index (χ0v) is 17.8. The molecule has 0 spiro atoms. The van der Waals surface area contributed by atoms with Crippen molar-refractivity contribution < 1.29 is 18.7 Å². The van der Waals surface area contributed by atoms with Crippen LogP contribution in [0.3, 0.4) is 0 Å². The van der Waals surface area contributed by atoms with Crippen molar-refractivity contribution in [3.8, 4) is 0 Å². The van der Waals surface area contributed by atoms with Crippen LogP contribution in [0.15, 0.2) is 48.5 Å².